The summed E-state index contributed by atoms with van der Waals surface area (Å²) in [7, 11) is 0. The fraction of sp³-hybridized carbons (Fsp3) is 0.857. The Labute approximate surface area is 65.5 Å². The second-order valence-electron chi connectivity index (χ2n) is 3.23. The van der Waals surface area contributed by atoms with Gasteiger partial charge in [0.05, 0.1) is 18.1 Å². The van der Waals surface area contributed by atoms with Crippen LogP contribution in [-0.4, -0.2) is 34.0 Å². The lowest BCUT2D eigenvalue weighted by Crippen LogP contribution is -2.30. The molecular formula is C7H14O4. The number of rotatable bonds is 4. The number of carboxylic acid groups (broad SMARTS) is 1. The van der Waals surface area contributed by atoms with Crippen molar-refractivity contribution >= 4 is 5.97 Å². The van der Waals surface area contributed by atoms with Crippen LogP contribution in [0.1, 0.15) is 20.3 Å². The lowest BCUT2D eigenvalue weighted by atomic mass is 9.87. The maximum atomic E-state index is 10.5. The molecule has 0 saturated carbocycles. The number of carbonyl (C=O) groups is 1. The van der Waals surface area contributed by atoms with Gasteiger partial charge >= 0.3 is 5.97 Å². The number of aliphatic hydroxyl groups is 2. The predicted octanol–water partition coefficient (Wildman–Crippen LogP) is -0.160. The van der Waals surface area contributed by atoms with Crippen LogP contribution in [0.15, 0.2) is 0 Å². The maximum Gasteiger partial charge on any atom is 0.309 e. The molecule has 4 nitrogen and oxygen atoms in total. The molecule has 0 amide bonds. The van der Waals surface area contributed by atoms with E-state index in [-0.39, 0.29) is 6.42 Å². The third kappa shape index (κ3) is 3.34. The van der Waals surface area contributed by atoms with Crippen molar-refractivity contribution in [2.24, 2.45) is 5.41 Å². The number of hydrogen-bond donors (Lipinski definition) is 3. The fourth-order valence-corrected chi connectivity index (χ4v) is 0.741. The Kier molecular flexibility index (Phi) is 3.48. The molecule has 0 aromatic heterocycles. The van der Waals surface area contributed by atoms with E-state index in [1.54, 1.807) is 0 Å². The molecule has 0 spiro atoms. The number of carboxylic acids is 1. The highest BCUT2D eigenvalue weighted by Crippen LogP contribution is 2.22. The van der Waals surface area contributed by atoms with Crippen molar-refractivity contribution in [1.29, 1.82) is 0 Å². The van der Waals surface area contributed by atoms with Gasteiger partial charge in [0.2, 0.25) is 0 Å². The van der Waals surface area contributed by atoms with Gasteiger partial charge in [0, 0.05) is 0 Å². The van der Waals surface area contributed by atoms with E-state index in [4.69, 9.17) is 15.3 Å². The average Bonchev–Trinajstić information content (AvgIpc) is 1.86. The molecule has 0 fully saturated rings. The SMILES string of the molecule is CC(C)(CC(O)CO)C(=O)O. The first-order valence-corrected chi connectivity index (χ1v) is 3.42. The minimum Gasteiger partial charge on any atom is -0.481 e. The van der Waals surface area contributed by atoms with E-state index in [0.29, 0.717) is 0 Å². The molecule has 1 atom stereocenters. The molecule has 4 heteroatoms. The van der Waals surface area contributed by atoms with Gasteiger partial charge in [0.1, 0.15) is 0 Å². The molecule has 3 N–H and O–H groups in total. The summed E-state index contributed by atoms with van der Waals surface area (Å²) in [6.07, 6.45) is -0.875. The van der Waals surface area contributed by atoms with E-state index in [0.717, 1.165) is 0 Å². The highest BCUT2D eigenvalue weighted by Gasteiger charge is 2.29. The molecule has 0 radical (unpaired) electrons. The number of aliphatic hydroxyl groups excluding tert-OH is 2. The Morgan fingerprint density at radius 2 is 2.00 bits per heavy atom. The highest BCUT2D eigenvalue weighted by molar-refractivity contribution is 5.73. The Bertz CT molecular complexity index is 141. The standard InChI is InChI=1S/C7H14O4/c1-7(2,6(10)11)3-5(9)4-8/h5,8-9H,3-4H2,1-2H3,(H,10,11). The molecular weight excluding hydrogens is 148 g/mol. The lowest BCUT2D eigenvalue weighted by molar-refractivity contribution is -0.148. The van der Waals surface area contributed by atoms with Gasteiger partial charge in [-0.2, -0.15) is 0 Å². The van der Waals surface area contributed by atoms with Crippen LogP contribution in [0.3, 0.4) is 0 Å². The Balaban J connectivity index is 4.01. The summed E-state index contributed by atoms with van der Waals surface area (Å²) in [6.45, 7) is 2.62. The first-order valence-electron chi connectivity index (χ1n) is 3.42. The molecule has 0 bridgehead atoms. The second-order valence-corrected chi connectivity index (χ2v) is 3.23. The summed E-state index contributed by atoms with van der Waals surface area (Å²) < 4.78 is 0. The largest absolute Gasteiger partial charge is 0.481 e. The summed E-state index contributed by atoms with van der Waals surface area (Å²) in [4.78, 5) is 10.5. The van der Waals surface area contributed by atoms with Crippen LogP contribution in [0.25, 0.3) is 0 Å². The molecule has 0 aliphatic carbocycles. The van der Waals surface area contributed by atoms with Crippen LogP contribution in [0, 0.1) is 5.41 Å². The highest BCUT2D eigenvalue weighted by atomic mass is 16.4. The molecule has 0 rings (SSSR count). The molecule has 1 unspecified atom stereocenters. The van der Waals surface area contributed by atoms with E-state index in [9.17, 15) is 4.79 Å². The zero-order valence-electron chi connectivity index (χ0n) is 6.74. The third-order valence-corrected chi connectivity index (χ3v) is 1.54. The molecule has 0 aliphatic rings. The average molecular weight is 162 g/mol. The van der Waals surface area contributed by atoms with Crippen molar-refractivity contribution in [3.05, 3.63) is 0 Å². The fourth-order valence-electron chi connectivity index (χ4n) is 0.741. The second kappa shape index (κ2) is 3.69. The summed E-state index contributed by atoms with van der Waals surface area (Å²) in [6, 6.07) is 0. The zero-order valence-corrected chi connectivity index (χ0v) is 6.74. The van der Waals surface area contributed by atoms with Crippen LogP contribution >= 0.6 is 0 Å². The first-order chi connectivity index (χ1) is 4.90. The summed E-state index contributed by atoms with van der Waals surface area (Å²) in [5.74, 6) is -0.968. The van der Waals surface area contributed by atoms with Crippen LogP contribution in [0.4, 0.5) is 0 Å². The monoisotopic (exact) mass is 162 g/mol. The van der Waals surface area contributed by atoms with Crippen molar-refractivity contribution < 1.29 is 20.1 Å². The van der Waals surface area contributed by atoms with E-state index < -0.39 is 24.1 Å². The van der Waals surface area contributed by atoms with Crippen LogP contribution in [0.2, 0.25) is 0 Å². The Hall–Kier alpha value is -0.610. The molecule has 0 saturated heterocycles. The van der Waals surface area contributed by atoms with Gasteiger partial charge in [0.15, 0.2) is 0 Å². The van der Waals surface area contributed by atoms with Crippen molar-refractivity contribution in [3.63, 3.8) is 0 Å². The molecule has 11 heavy (non-hydrogen) atoms. The van der Waals surface area contributed by atoms with Gasteiger partial charge in [-0.05, 0) is 20.3 Å². The van der Waals surface area contributed by atoms with E-state index >= 15 is 0 Å². The predicted molar refractivity (Wildman–Crippen MR) is 39.1 cm³/mol. The normalized spacial score (nSPS) is 14.5. The molecule has 0 aromatic carbocycles. The summed E-state index contributed by atoms with van der Waals surface area (Å²) in [5, 5.41) is 26.0. The Morgan fingerprint density at radius 1 is 1.55 bits per heavy atom. The van der Waals surface area contributed by atoms with Crippen molar-refractivity contribution in [2.75, 3.05) is 6.61 Å². The molecule has 0 aromatic rings. The molecule has 0 heterocycles. The summed E-state index contributed by atoms with van der Waals surface area (Å²) in [5.41, 5.74) is -0.970. The van der Waals surface area contributed by atoms with Crippen molar-refractivity contribution in [2.45, 2.75) is 26.4 Å². The smallest absolute Gasteiger partial charge is 0.309 e. The van der Waals surface area contributed by atoms with Crippen LogP contribution < -0.4 is 0 Å². The maximum absolute atomic E-state index is 10.5. The van der Waals surface area contributed by atoms with Gasteiger partial charge in [-0.15, -0.1) is 0 Å². The molecule has 0 aliphatic heterocycles. The van der Waals surface area contributed by atoms with E-state index in [1.807, 2.05) is 0 Å². The quantitative estimate of drug-likeness (QED) is 0.536. The minimum absolute atomic E-state index is 0.0683. The van der Waals surface area contributed by atoms with Gasteiger partial charge in [-0.1, -0.05) is 0 Å². The van der Waals surface area contributed by atoms with Gasteiger partial charge < -0.3 is 15.3 Å². The zero-order chi connectivity index (χ0) is 9.07. The van der Waals surface area contributed by atoms with Crippen molar-refractivity contribution in [3.8, 4) is 0 Å². The third-order valence-electron chi connectivity index (χ3n) is 1.54. The van der Waals surface area contributed by atoms with Crippen LogP contribution in [0.5, 0.6) is 0 Å². The topological polar surface area (TPSA) is 77.8 Å². The van der Waals surface area contributed by atoms with Gasteiger partial charge in [-0.25, -0.2) is 0 Å². The first kappa shape index (κ1) is 10.4. The molecule has 66 valence electrons. The number of hydrogen-bond acceptors (Lipinski definition) is 3. The van der Waals surface area contributed by atoms with Crippen molar-refractivity contribution in [1.82, 2.24) is 0 Å². The number of aliphatic carboxylic acids is 1. The van der Waals surface area contributed by atoms with Gasteiger partial charge in [0.25, 0.3) is 0 Å². The van der Waals surface area contributed by atoms with Gasteiger partial charge in [-0.3, -0.25) is 4.79 Å². The van der Waals surface area contributed by atoms with E-state index in [1.165, 1.54) is 13.8 Å². The summed E-state index contributed by atoms with van der Waals surface area (Å²) >= 11 is 0. The minimum atomic E-state index is -0.970. The Morgan fingerprint density at radius 3 is 2.27 bits per heavy atom. The van der Waals surface area contributed by atoms with Crippen LogP contribution in [-0.2, 0) is 4.79 Å². The van der Waals surface area contributed by atoms with E-state index in [2.05, 4.69) is 0 Å². The lowest BCUT2D eigenvalue weighted by Gasteiger charge is -2.21.